The first-order chi connectivity index (χ1) is 8.22. The maximum absolute atomic E-state index is 6.30. The highest BCUT2D eigenvalue weighted by Gasteiger charge is 2.26. The number of nitrogens with two attached hydrogens (primary N) is 1. The van der Waals surface area contributed by atoms with Gasteiger partial charge in [0.05, 0.1) is 22.8 Å². The molecule has 2 N–H and O–H groups in total. The van der Waals surface area contributed by atoms with Crippen molar-refractivity contribution >= 4 is 44.6 Å². The molecule has 1 aliphatic heterocycles. The maximum atomic E-state index is 6.30. The lowest BCUT2D eigenvalue weighted by Crippen LogP contribution is -2.21. The van der Waals surface area contributed by atoms with Crippen LogP contribution in [0.25, 0.3) is 10.1 Å². The second kappa shape index (κ2) is 4.41. The Kier molecular flexibility index (Phi) is 3.05. The molecule has 17 heavy (non-hydrogen) atoms. The van der Waals surface area contributed by atoms with Gasteiger partial charge in [-0.05, 0) is 12.1 Å². The van der Waals surface area contributed by atoms with E-state index in [1.807, 2.05) is 12.1 Å². The molecular weight excluding hydrogens is 277 g/mol. The van der Waals surface area contributed by atoms with E-state index in [0.29, 0.717) is 16.6 Å². The van der Waals surface area contributed by atoms with Crippen molar-refractivity contribution in [1.82, 2.24) is 0 Å². The van der Waals surface area contributed by atoms with Crippen LogP contribution < -0.4 is 5.73 Å². The molecule has 0 radical (unpaired) electrons. The van der Waals surface area contributed by atoms with Crippen LogP contribution in [0.5, 0.6) is 0 Å². The van der Waals surface area contributed by atoms with Crippen molar-refractivity contribution in [3.8, 4) is 0 Å². The third kappa shape index (κ3) is 1.77. The van der Waals surface area contributed by atoms with Gasteiger partial charge in [-0.25, -0.2) is 0 Å². The Labute approximate surface area is 113 Å². The van der Waals surface area contributed by atoms with Gasteiger partial charge in [-0.3, -0.25) is 0 Å². The van der Waals surface area contributed by atoms with Gasteiger partial charge in [0.1, 0.15) is 0 Å². The minimum atomic E-state index is -0.0523. The van der Waals surface area contributed by atoms with Gasteiger partial charge >= 0.3 is 0 Å². The van der Waals surface area contributed by atoms with Gasteiger partial charge in [-0.1, -0.05) is 23.2 Å². The zero-order valence-corrected chi connectivity index (χ0v) is 11.3. The summed E-state index contributed by atoms with van der Waals surface area (Å²) < 4.78 is 6.86. The van der Waals surface area contributed by atoms with Crippen LogP contribution in [-0.2, 0) is 11.2 Å². The lowest BCUT2D eigenvalue weighted by atomic mass is 10.0. The molecule has 0 spiro atoms. The van der Waals surface area contributed by atoms with Crippen molar-refractivity contribution < 1.29 is 4.74 Å². The third-order valence-electron chi connectivity index (χ3n) is 3.04. The van der Waals surface area contributed by atoms with Crippen LogP contribution in [0, 0.1) is 0 Å². The van der Waals surface area contributed by atoms with Gasteiger partial charge in [-0.2, -0.15) is 0 Å². The van der Waals surface area contributed by atoms with Crippen LogP contribution in [0.1, 0.15) is 16.5 Å². The molecule has 1 aromatic carbocycles. The highest BCUT2D eigenvalue weighted by atomic mass is 35.5. The first kappa shape index (κ1) is 11.8. The molecule has 0 amide bonds. The first-order valence-corrected chi connectivity index (χ1v) is 7.00. The van der Waals surface area contributed by atoms with E-state index in [1.165, 1.54) is 4.88 Å². The van der Waals surface area contributed by atoms with Gasteiger partial charge in [-0.15, -0.1) is 11.3 Å². The van der Waals surface area contributed by atoms with Crippen LogP contribution in [0.4, 0.5) is 0 Å². The SMILES string of the molecule is NCC1OCCc2sc3ccc(Cl)c(Cl)c3c21. The maximum Gasteiger partial charge on any atom is 0.0964 e. The predicted molar refractivity (Wildman–Crippen MR) is 73.3 cm³/mol. The molecule has 2 aromatic rings. The summed E-state index contributed by atoms with van der Waals surface area (Å²) in [7, 11) is 0. The van der Waals surface area contributed by atoms with Crippen molar-refractivity contribution in [3.63, 3.8) is 0 Å². The summed E-state index contributed by atoms with van der Waals surface area (Å²) in [5.74, 6) is 0. The Morgan fingerprint density at radius 2 is 2.24 bits per heavy atom. The topological polar surface area (TPSA) is 35.2 Å². The Morgan fingerprint density at radius 1 is 1.41 bits per heavy atom. The average Bonchev–Trinajstić information content (AvgIpc) is 2.72. The van der Waals surface area contributed by atoms with Crippen molar-refractivity contribution in [2.45, 2.75) is 12.5 Å². The first-order valence-electron chi connectivity index (χ1n) is 5.43. The molecular formula is C12H11Cl2NOS. The fourth-order valence-corrected chi connectivity index (χ4v) is 4.01. The predicted octanol–water partition coefficient (Wildman–Crippen LogP) is 3.78. The van der Waals surface area contributed by atoms with Gasteiger partial charge < -0.3 is 10.5 Å². The van der Waals surface area contributed by atoms with E-state index >= 15 is 0 Å². The number of thiophene rings is 1. The Hall–Kier alpha value is -0.320. The van der Waals surface area contributed by atoms with E-state index in [4.69, 9.17) is 33.7 Å². The molecule has 1 aliphatic rings. The molecule has 1 aromatic heterocycles. The molecule has 5 heteroatoms. The molecule has 1 unspecified atom stereocenters. The molecule has 1 atom stereocenters. The Bertz CT molecular complexity index is 581. The minimum absolute atomic E-state index is 0.0523. The second-order valence-corrected chi connectivity index (χ2v) is 5.94. The van der Waals surface area contributed by atoms with Gasteiger partial charge in [0.2, 0.25) is 0 Å². The number of fused-ring (bicyclic) bond motifs is 3. The molecule has 0 saturated carbocycles. The number of hydrogen-bond acceptors (Lipinski definition) is 3. The number of ether oxygens (including phenoxy) is 1. The lowest BCUT2D eigenvalue weighted by Gasteiger charge is -2.22. The lowest BCUT2D eigenvalue weighted by molar-refractivity contribution is 0.0508. The molecule has 0 bridgehead atoms. The third-order valence-corrected chi connectivity index (χ3v) is 5.08. The van der Waals surface area contributed by atoms with E-state index < -0.39 is 0 Å². The average molecular weight is 288 g/mol. The summed E-state index contributed by atoms with van der Waals surface area (Å²) in [6, 6.07) is 3.85. The number of hydrogen-bond donors (Lipinski definition) is 1. The number of rotatable bonds is 1. The zero-order valence-electron chi connectivity index (χ0n) is 9.00. The Morgan fingerprint density at radius 3 is 3.00 bits per heavy atom. The zero-order chi connectivity index (χ0) is 12.0. The van der Waals surface area contributed by atoms with Gasteiger partial charge in [0, 0.05) is 33.5 Å². The highest BCUT2D eigenvalue weighted by Crippen LogP contribution is 2.44. The number of halogens is 2. The summed E-state index contributed by atoms with van der Waals surface area (Å²) in [6.07, 6.45) is 0.877. The number of benzene rings is 1. The van der Waals surface area contributed by atoms with Crippen LogP contribution in [-0.4, -0.2) is 13.2 Å². The molecule has 3 rings (SSSR count). The molecule has 2 nitrogen and oxygen atoms in total. The molecule has 90 valence electrons. The Balaban J connectivity index is 2.34. The van der Waals surface area contributed by atoms with Crippen molar-refractivity contribution in [1.29, 1.82) is 0 Å². The normalized spacial score (nSPS) is 19.6. The van der Waals surface area contributed by atoms with Gasteiger partial charge in [0.15, 0.2) is 0 Å². The van der Waals surface area contributed by atoms with Crippen LogP contribution in [0.15, 0.2) is 12.1 Å². The fourth-order valence-electron chi connectivity index (χ4n) is 2.29. The van der Waals surface area contributed by atoms with E-state index in [9.17, 15) is 0 Å². The largest absolute Gasteiger partial charge is 0.372 e. The van der Waals surface area contributed by atoms with E-state index in [1.54, 1.807) is 11.3 Å². The summed E-state index contributed by atoms with van der Waals surface area (Å²) in [5.41, 5.74) is 6.90. The van der Waals surface area contributed by atoms with Crippen LogP contribution in [0.2, 0.25) is 10.0 Å². The van der Waals surface area contributed by atoms with Gasteiger partial charge in [0.25, 0.3) is 0 Å². The summed E-state index contributed by atoms with van der Waals surface area (Å²) >= 11 is 14.1. The fraction of sp³-hybridized carbons (Fsp3) is 0.333. The quantitative estimate of drug-likeness (QED) is 0.866. The summed E-state index contributed by atoms with van der Waals surface area (Å²) in [5, 5.41) is 2.22. The van der Waals surface area contributed by atoms with Crippen molar-refractivity contribution in [2.75, 3.05) is 13.2 Å². The smallest absolute Gasteiger partial charge is 0.0964 e. The molecule has 0 fully saturated rings. The second-order valence-electron chi connectivity index (χ2n) is 4.02. The molecule has 0 aliphatic carbocycles. The van der Waals surface area contributed by atoms with Crippen molar-refractivity contribution in [2.24, 2.45) is 5.73 Å². The van der Waals surface area contributed by atoms with E-state index in [2.05, 4.69) is 0 Å². The summed E-state index contributed by atoms with van der Waals surface area (Å²) in [4.78, 5) is 1.32. The highest BCUT2D eigenvalue weighted by molar-refractivity contribution is 7.19. The van der Waals surface area contributed by atoms with E-state index in [0.717, 1.165) is 28.7 Å². The molecule has 0 saturated heterocycles. The van der Waals surface area contributed by atoms with Crippen molar-refractivity contribution in [3.05, 3.63) is 32.6 Å². The van der Waals surface area contributed by atoms with E-state index in [-0.39, 0.29) is 6.10 Å². The van der Waals surface area contributed by atoms with Crippen LogP contribution >= 0.6 is 34.5 Å². The minimum Gasteiger partial charge on any atom is -0.372 e. The summed E-state index contributed by atoms with van der Waals surface area (Å²) in [6.45, 7) is 1.20. The standard InChI is InChI=1S/C12H11Cl2NOS/c13-6-1-2-8-11(12(6)14)10-7(5-15)16-4-3-9(10)17-8/h1-2,7H,3-5,15H2. The monoisotopic (exact) mass is 287 g/mol. The van der Waals surface area contributed by atoms with Crippen LogP contribution in [0.3, 0.4) is 0 Å². The molecule has 2 heterocycles.